The van der Waals surface area contributed by atoms with Crippen LogP contribution in [-0.2, 0) is 32.7 Å². The van der Waals surface area contributed by atoms with Crippen molar-refractivity contribution >= 4 is 19.8 Å². The number of phosphoric ester groups is 1. The van der Waals surface area contributed by atoms with Gasteiger partial charge in [0, 0.05) is 12.8 Å². The van der Waals surface area contributed by atoms with E-state index in [0.717, 1.165) is 44.9 Å². The third-order valence-electron chi connectivity index (χ3n) is 11.6. The van der Waals surface area contributed by atoms with Crippen LogP contribution >= 0.6 is 7.82 Å². The highest BCUT2D eigenvalue weighted by Gasteiger charge is 2.21. The molecule has 2 atom stereocenters. The molecule has 10 heteroatoms. The Morgan fingerprint density at radius 3 is 1.28 bits per heavy atom. The maximum absolute atomic E-state index is 12.7. The highest BCUT2D eigenvalue weighted by molar-refractivity contribution is 7.45. The number of carbonyl (C=O) groups is 2. The van der Waals surface area contributed by atoms with E-state index in [0.29, 0.717) is 17.4 Å². The van der Waals surface area contributed by atoms with E-state index >= 15 is 0 Å². The molecule has 0 aromatic rings. The van der Waals surface area contributed by atoms with Gasteiger partial charge in [-0.15, -0.1) is 0 Å². The van der Waals surface area contributed by atoms with Gasteiger partial charge in [-0.05, 0) is 38.5 Å². The van der Waals surface area contributed by atoms with E-state index in [1.165, 1.54) is 161 Å². The van der Waals surface area contributed by atoms with Crippen LogP contribution in [0.1, 0.15) is 239 Å². The molecule has 0 aromatic heterocycles. The molecule has 0 aliphatic carbocycles. The van der Waals surface area contributed by atoms with Crippen LogP contribution in [0.4, 0.5) is 0 Å². The number of esters is 2. The van der Waals surface area contributed by atoms with Crippen LogP contribution in [-0.4, -0.2) is 70.0 Å². The lowest BCUT2D eigenvalue weighted by Crippen LogP contribution is -2.37. The molecule has 0 bridgehead atoms. The van der Waals surface area contributed by atoms with Gasteiger partial charge >= 0.3 is 11.9 Å². The Labute approximate surface area is 401 Å². The first kappa shape index (κ1) is 63.0. The van der Waals surface area contributed by atoms with Gasteiger partial charge in [-0.3, -0.25) is 14.2 Å². The van der Waals surface area contributed by atoms with Crippen molar-refractivity contribution in [2.75, 3.05) is 47.5 Å². The summed E-state index contributed by atoms with van der Waals surface area (Å²) in [5.74, 6) is -0.922. The lowest BCUT2D eigenvalue weighted by molar-refractivity contribution is -0.870. The average Bonchev–Trinajstić information content (AvgIpc) is 3.26. The van der Waals surface area contributed by atoms with Crippen LogP contribution in [0, 0.1) is 0 Å². The number of hydrogen-bond donors (Lipinski definition) is 0. The van der Waals surface area contributed by atoms with Crippen molar-refractivity contribution in [3.63, 3.8) is 0 Å². The lowest BCUT2D eigenvalue weighted by atomic mass is 10.0. The van der Waals surface area contributed by atoms with Crippen LogP contribution in [0.3, 0.4) is 0 Å². The summed E-state index contributed by atoms with van der Waals surface area (Å²) in [6, 6.07) is 0. The van der Waals surface area contributed by atoms with E-state index < -0.39 is 32.5 Å². The number of ether oxygens (including phenoxy) is 2. The van der Waals surface area contributed by atoms with Crippen LogP contribution in [0.2, 0.25) is 0 Å². The molecule has 0 saturated heterocycles. The Hall–Kier alpha value is -2.03. The molecular weight excluding hydrogens is 834 g/mol. The predicted molar refractivity (Wildman–Crippen MR) is 273 cm³/mol. The largest absolute Gasteiger partial charge is 0.756 e. The minimum atomic E-state index is -4.65. The minimum absolute atomic E-state index is 0.0434. The topological polar surface area (TPSA) is 111 Å². The Kier molecular flexibility index (Phi) is 45.6. The number of carbonyl (C=O) groups excluding carboxylic acids is 2. The Morgan fingerprint density at radius 1 is 0.492 bits per heavy atom. The summed E-state index contributed by atoms with van der Waals surface area (Å²) >= 11 is 0. The van der Waals surface area contributed by atoms with Gasteiger partial charge in [-0.2, -0.15) is 0 Å². The summed E-state index contributed by atoms with van der Waals surface area (Å²) in [7, 11) is 1.13. The molecule has 65 heavy (non-hydrogen) atoms. The van der Waals surface area contributed by atoms with Gasteiger partial charge < -0.3 is 27.9 Å². The molecule has 0 radical (unpaired) electrons. The fourth-order valence-electron chi connectivity index (χ4n) is 7.49. The second-order valence-corrected chi connectivity index (χ2v) is 20.6. The summed E-state index contributed by atoms with van der Waals surface area (Å²) < 4.78 is 33.9. The van der Waals surface area contributed by atoms with E-state index in [1.54, 1.807) is 0 Å². The number of quaternary nitrogens is 1. The number of likely N-dealkylation sites (N-methyl/N-ethyl adjacent to an activating group) is 1. The zero-order chi connectivity index (χ0) is 47.8. The van der Waals surface area contributed by atoms with Crippen LogP contribution in [0.25, 0.3) is 0 Å². The Morgan fingerprint density at radius 2 is 0.877 bits per heavy atom. The van der Waals surface area contributed by atoms with Crippen LogP contribution in [0.15, 0.2) is 48.6 Å². The predicted octanol–water partition coefficient (Wildman–Crippen LogP) is 15.6. The first-order valence-electron chi connectivity index (χ1n) is 26.8. The van der Waals surface area contributed by atoms with Crippen molar-refractivity contribution < 1.29 is 42.1 Å². The molecule has 0 spiro atoms. The zero-order valence-corrected chi connectivity index (χ0v) is 43.8. The first-order chi connectivity index (χ1) is 31.5. The van der Waals surface area contributed by atoms with Crippen molar-refractivity contribution in [2.45, 2.75) is 245 Å². The second-order valence-electron chi connectivity index (χ2n) is 19.2. The normalized spacial score (nSPS) is 13.8. The highest BCUT2D eigenvalue weighted by Crippen LogP contribution is 2.38. The van der Waals surface area contributed by atoms with E-state index in [1.807, 2.05) is 33.3 Å². The van der Waals surface area contributed by atoms with E-state index in [4.69, 9.17) is 18.5 Å². The lowest BCUT2D eigenvalue weighted by Gasteiger charge is -2.28. The summed E-state index contributed by atoms with van der Waals surface area (Å²) in [6.07, 6.45) is 57.7. The molecule has 0 aromatic carbocycles. The highest BCUT2D eigenvalue weighted by atomic mass is 31.2. The molecule has 0 amide bonds. The van der Waals surface area contributed by atoms with Gasteiger partial charge in [0.2, 0.25) is 0 Å². The molecule has 0 heterocycles. The van der Waals surface area contributed by atoms with Crippen LogP contribution in [0.5, 0.6) is 0 Å². The summed E-state index contributed by atoms with van der Waals surface area (Å²) in [6.45, 7) is 4.05. The smallest absolute Gasteiger partial charge is 0.306 e. The summed E-state index contributed by atoms with van der Waals surface area (Å²) in [5.41, 5.74) is 0. The molecule has 0 rings (SSSR count). The number of unbranched alkanes of at least 4 members (excludes halogenated alkanes) is 27. The number of rotatable bonds is 49. The van der Waals surface area contributed by atoms with Crippen molar-refractivity contribution in [3.05, 3.63) is 48.6 Å². The summed E-state index contributed by atoms with van der Waals surface area (Å²) in [4.78, 5) is 37.6. The van der Waals surface area contributed by atoms with Crippen LogP contribution < -0.4 is 4.89 Å². The number of allylic oxidation sites excluding steroid dienone is 8. The quantitative estimate of drug-likeness (QED) is 0.0195. The monoisotopic (exact) mass is 936 g/mol. The molecule has 2 unspecified atom stereocenters. The first-order valence-corrected chi connectivity index (χ1v) is 28.3. The summed E-state index contributed by atoms with van der Waals surface area (Å²) in [5, 5.41) is 0. The van der Waals surface area contributed by atoms with Crippen molar-refractivity contribution in [1.29, 1.82) is 0 Å². The minimum Gasteiger partial charge on any atom is -0.756 e. The van der Waals surface area contributed by atoms with Gasteiger partial charge in [0.25, 0.3) is 7.82 Å². The fraction of sp³-hybridized carbons (Fsp3) is 0.818. The number of nitrogens with zero attached hydrogens (tertiary/aromatic N) is 1. The third-order valence-corrected chi connectivity index (χ3v) is 12.6. The molecule has 380 valence electrons. The zero-order valence-electron chi connectivity index (χ0n) is 42.9. The van der Waals surface area contributed by atoms with Crippen molar-refractivity contribution in [2.24, 2.45) is 0 Å². The number of hydrogen-bond acceptors (Lipinski definition) is 8. The molecule has 0 aliphatic heterocycles. The van der Waals surface area contributed by atoms with E-state index in [9.17, 15) is 19.0 Å². The average molecular weight is 936 g/mol. The van der Waals surface area contributed by atoms with Gasteiger partial charge in [0.05, 0.1) is 27.7 Å². The SMILES string of the molecule is CC/C=C\C/C=C\C/C=C\C/C=C\CCC(=O)OC(COC(=O)CCCCCCCCCCCCCCCCCCCCCCCCCCCCCC)COP(=O)([O-])OCC[N+](C)(C)C. The molecule has 0 fully saturated rings. The molecule has 9 nitrogen and oxygen atoms in total. The molecule has 0 saturated carbocycles. The van der Waals surface area contributed by atoms with Crippen molar-refractivity contribution in [1.82, 2.24) is 0 Å². The van der Waals surface area contributed by atoms with Gasteiger partial charge in [-0.25, -0.2) is 0 Å². The molecule has 0 N–H and O–H groups in total. The Bertz CT molecular complexity index is 1240. The second kappa shape index (κ2) is 47.1. The van der Waals surface area contributed by atoms with Gasteiger partial charge in [-0.1, -0.05) is 236 Å². The van der Waals surface area contributed by atoms with Gasteiger partial charge in [0.1, 0.15) is 19.8 Å². The van der Waals surface area contributed by atoms with E-state index in [2.05, 4.69) is 50.3 Å². The molecular formula is C55H102NO8P. The Balaban J connectivity index is 4.09. The number of phosphoric acid groups is 1. The van der Waals surface area contributed by atoms with Gasteiger partial charge in [0.15, 0.2) is 6.10 Å². The molecule has 0 aliphatic rings. The maximum Gasteiger partial charge on any atom is 0.306 e. The third kappa shape index (κ3) is 51.2. The van der Waals surface area contributed by atoms with E-state index in [-0.39, 0.29) is 26.1 Å². The standard InChI is InChI=1S/C55H102NO8P/c1-6-8-10-12-14-16-18-20-21-22-23-24-25-26-27-28-29-30-31-32-33-34-36-37-39-41-43-45-47-54(57)61-51-53(52-63-65(59,60)62-50-49-56(3,4)5)64-55(58)48-46-44-42-40-38-35-19-17-15-13-11-9-7-2/h9,11,15,17,35,38,42,44,53H,6-8,10,12-14,16,18-34,36-37,39-41,43,45-52H2,1-5H3/b11-9-,17-15-,38-35-,44-42-. The fourth-order valence-corrected chi connectivity index (χ4v) is 8.22. The maximum atomic E-state index is 12.7. The van der Waals surface area contributed by atoms with Crippen molar-refractivity contribution in [3.8, 4) is 0 Å².